The highest BCUT2D eigenvalue weighted by atomic mass is 19.4. The number of alkyl halides is 3. The Kier molecular flexibility index (Phi) is 5.35. The molecule has 0 radical (unpaired) electrons. The third-order valence-corrected chi connectivity index (χ3v) is 4.11. The van der Waals surface area contributed by atoms with Gasteiger partial charge in [0.15, 0.2) is 0 Å². The Balaban J connectivity index is 2.06. The minimum atomic E-state index is -4.48. The summed E-state index contributed by atoms with van der Waals surface area (Å²) in [5.41, 5.74) is -1.11. The molecule has 2 atom stereocenters. The van der Waals surface area contributed by atoms with Gasteiger partial charge in [-0.15, -0.1) is 0 Å². The standard InChI is InChI=1S/C16H23F3N4O/c1-15(2,3)13(16(17,18)19)22-12(24)11-6-4-9-23(10-11)14-20-7-5-8-21-14/h5,7-8,11,13H,4,6,9-10H2,1-3H3,(H,22,24)/t11-,13-/m1/s1. The Bertz CT molecular complexity index is 543. The highest BCUT2D eigenvalue weighted by molar-refractivity contribution is 5.80. The number of nitrogens with zero attached hydrogens (tertiary/aromatic N) is 3. The van der Waals surface area contributed by atoms with Crippen molar-refractivity contribution < 1.29 is 18.0 Å². The summed E-state index contributed by atoms with van der Waals surface area (Å²) in [7, 11) is 0. The fourth-order valence-electron chi connectivity index (χ4n) is 2.88. The topological polar surface area (TPSA) is 58.1 Å². The largest absolute Gasteiger partial charge is 0.409 e. The molecule has 1 saturated heterocycles. The second kappa shape index (κ2) is 6.94. The van der Waals surface area contributed by atoms with E-state index < -0.39 is 29.5 Å². The number of carbonyl (C=O) groups is 1. The monoisotopic (exact) mass is 344 g/mol. The number of hydrogen-bond donors (Lipinski definition) is 1. The van der Waals surface area contributed by atoms with E-state index in [1.54, 1.807) is 18.5 Å². The van der Waals surface area contributed by atoms with Gasteiger partial charge in [-0.1, -0.05) is 20.8 Å². The van der Waals surface area contributed by atoms with Crippen LogP contribution in [0.25, 0.3) is 0 Å². The highest BCUT2D eigenvalue weighted by Gasteiger charge is 2.48. The first kappa shape index (κ1) is 18.5. The number of nitrogens with one attached hydrogen (secondary N) is 1. The maximum absolute atomic E-state index is 13.2. The highest BCUT2D eigenvalue weighted by Crippen LogP contribution is 2.33. The van der Waals surface area contributed by atoms with E-state index in [2.05, 4.69) is 15.3 Å². The summed E-state index contributed by atoms with van der Waals surface area (Å²) in [5, 5.41) is 2.21. The summed E-state index contributed by atoms with van der Waals surface area (Å²) in [5.74, 6) is -0.569. The summed E-state index contributed by atoms with van der Waals surface area (Å²) >= 11 is 0. The van der Waals surface area contributed by atoms with Crippen LogP contribution in [-0.4, -0.2) is 41.2 Å². The molecule has 1 N–H and O–H groups in total. The Morgan fingerprint density at radius 1 is 1.29 bits per heavy atom. The molecule has 0 bridgehead atoms. The van der Waals surface area contributed by atoms with Crippen molar-refractivity contribution in [2.24, 2.45) is 11.3 Å². The van der Waals surface area contributed by atoms with Gasteiger partial charge in [0.2, 0.25) is 11.9 Å². The first-order chi connectivity index (χ1) is 11.1. The van der Waals surface area contributed by atoms with Gasteiger partial charge < -0.3 is 10.2 Å². The fraction of sp³-hybridized carbons (Fsp3) is 0.688. The van der Waals surface area contributed by atoms with Crippen LogP contribution in [0.15, 0.2) is 18.5 Å². The summed E-state index contributed by atoms with van der Waals surface area (Å²) in [6, 6.07) is -0.185. The van der Waals surface area contributed by atoms with Crippen LogP contribution in [0.5, 0.6) is 0 Å². The van der Waals surface area contributed by atoms with Crippen LogP contribution in [-0.2, 0) is 4.79 Å². The molecule has 1 amide bonds. The SMILES string of the molecule is CC(C)(C)[C@@H](NC(=O)[C@@H]1CCCN(c2ncccn2)C1)C(F)(F)F. The first-order valence-electron chi connectivity index (χ1n) is 7.98. The Labute approximate surface area is 139 Å². The van der Waals surface area contributed by atoms with Crippen LogP contribution in [0.1, 0.15) is 33.6 Å². The summed E-state index contributed by atoms with van der Waals surface area (Å²) < 4.78 is 39.7. The zero-order chi connectivity index (χ0) is 18.0. The van der Waals surface area contributed by atoms with E-state index in [-0.39, 0.29) is 0 Å². The van der Waals surface area contributed by atoms with Crippen molar-refractivity contribution in [1.29, 1.82) is 0 Å². The summed E-state index contributed by atoms with van der Waals surface area (Å²) in [6.07, 6.45) is -0.00611. The molecule has 1 fully saturated rings. The van der Waals surface area contributed by atoms with Crippen LogP contribution in [0, 0.1) is 11.3 Å². The quantitative estimate of drug-likeness (QED) is 0.916. The lowest BCUT2D eigenvalue weighted by atomic mass is 9.85. The minimum Gasteiger partial charge on any atom is -0.344 e. The van der Waals surface area contributed by atoms with E-state index in [9.17, 15) is 18.0 Å². The van der Waals surface area contributed by atoms with Crippen molar-refractivity contribution in [3.63, 3.8) is 0 Å². The molecule has 0 unspecified atom stereocenters. The van der Waals surface area contributed by atoms with E-state index in [1.807, 2.05) is 4.90 Å². The van der Waals surface area contributed by atoms with Gasteiger partial charge in [-0.3, -0.25) is 4.79 Å². The first-order valence-corrected chi connectivity index (χ1v) is 7.98. The van der Waals surface area contributed by atoms with Gasteiger partial charge >= 0.3 is 6.18 Å². The second-order valence-electron chi connectivity index (χ2n) is 7.18. The summed E-state index contributed by atoms with van der Waals surface area (Å²) in [4.78, 5) is 22.5. The molecule has 5 nitrogen and oxygen atoms in total. The van der Waals surface area contributed by atoms with E-state index in [0.717, 1.165) is 0 Å². The Morgan fingerprint density at radius 2 is 1.92 bits per heavy atom. The molecule has 0 aliphatic carbocycles. The van der Waals surface area contributed by atoms with Crippen LogP contribution in [0.3, 0.4) is 0 Å². The van der Waals surface area contributed by atoms with Crippen LogP contribution in [0.2, 0.25) is 0 Å². The molecule has 24 heavy (non-hydrogen) atoms. The van der Waals surface area contributed by atoms with E-state index in [1.165, 1.54) is 20.8 Å². The molecule has 1 aromatic rings. The molecular weight excluding hydrogens is 321 g/mol. The van der Waals surface area contributed by atoms with Crippen LogP contribution < -0.4 is 10.2 Å². The van der Waals surface area contributed by atoms with Crippen molar-refractivity contribution in [2.75, 3.05) is 18.0 Å². The van der Waals surface area contributed by atoms with Gasteiger partial charge in [0, 0.05) is 25.5 Å². The molecule has 8 heteroatoms. The molecule has 2 heterocycles. The van der Waals surface area contributed by atoms with Crippen LogP contribution in [0.4, 0.5) is 19.1 Å². The van der Waals surface area contributed by atoms with Gasteiger partial charge in [0.25, 0.3) is 0 Å². The van der Waals surface area contributed by atoms with Crippen molar-refractivity contribution in [3.8, 4) is 0 Å². The molecule has 0 spiro atoms. The molecule has 1 aromatic heterocycles. The van der Waals surface area contributed by atoms with Crippen molar-refractivity contribution in [1.82, 2.24) is 15.3 Å². The fourth-order valence-corrected chi connectivity index (χ4v) is 2.88. The zero-order valence-electron chi connectivity index (χ0n) is 14.1. The third-order valence-electron chi connectivity index (χ3n) is 4.11. The number of piperidine rings is 1. The third kappa shape index (κ3) is 4.58. The molecule has 1 aliphatic rings. The number of carbonyl (C=O) groups excluding carboxylic acids is 1. The second-order valence-corrected chi connectivity index (χ2v) is 7.18. The number of halogens is 3. The molecule has 0 aromatic carbocycles. The zero-order valence-corrected chi connectivity index (χ0v) is 14.1. The number of amides is 1. The van der Waals surface area contributed by atoms with Gasteiger partial charge in [-0.25, -0.2) is 9.97 Å². The van der Waals surface area contributed by atoms with Gasteiger partial charge in [-0.05, 0) is 24.3 Å². The van der Waals surface area contributed by atoms with Crippen molar-refractivity contribution in [2.45, 2.75) is 45.8 Å². The molecular formula is C16H23F3N4O. The average Bonchev–Trinajstić information content (AvgIpc) is 2.51. The molecule has 1 aliphatic heterocycles. The number of rotatable bonds is 3. The lowest BCUT2D eigenvalue weighted by Gasteiger charge is -2.36. The van der Waals surface area contributed by atoms with Crippen molar-refractivity contribution in [3.05, 3.63) is 18.5 Å². The Hall–Kier alpha value is -1.86. The van der Waals surface area contributed by atoms with Gasteiger partial charge in [-0.2, -0.15) is 13.2 Å². The smallest absolute Gasteiger partial charge is 0.344 e. The lowest BCUT2D eigenvalue weighted by molar-refractivity contribution is -0.181. The van der Waals surface area contributed by atoms with Crippen molar-refractivity contribution >= 4 is 11.9 Å². The molecule has 134 valence electrons. The Morgan fingerprint density at radius 3 is 2.46 bits per heavy atom. The van der Waals surface area contributed by atoms with Gasteiger partial charge in [0.1, 0.15) is 6.04 Å². The predicted molar refractivity (Wildman–Crippen MR) is 84.4 cm³/mol. The lowest BCUT2D eigenvalue weighted by Crippen LogP contribution is -2.56. The average molecular weight is 344 g/mol. The maximum atomic E-state index is 13.2. The maximum Gasteiger partial charge on any atom is 0.409 e. The summed E-state index contributed by atoms with van der Waals surface area (Å²) in [6.45, 7) is 5.42. The van der Waals surface area contributed by atoms with E-state index >= 15 is 0 Å². The molecule has 2 rings (SSSR count). The normalized spacial score (nSPS) is 20.6. The van der Waals surface area contributed by atoms with E-state index in [0.29, 0.717) is 31.9 Å². The number of anilines is 1. The predicted octanol–water partition coefficient (Wildman–Crippen LogP) is 2.79. The number of aromatic nitrogens is 2. The van der Waals surface area contributed by atoms with Crippen LogP contribution >= 0.6 is 0 Å². The molecule has 0 saturated carbocycles. The minimum absolute atomic E-state index is 0.324. The van der Waals surface area contributed by atoms with E-state index in [4.69, 9.17) is 0 Å². The van der Waals surface area contributed by atoms with Gasteiger partial charge in [0.05, 0.1) is 5.92 Å². The number of hydrogen-bond acceptors (Lipinski definition) is 4.